The third-order valence-electron chi connectivity index (χ3n) is 9.82. The number of nitrogens with two attached hydrogens (primary N) is 1. The minimum Gasteiger partial charge on any atom is -0.459 e. The molecule has 2 aromatic heterocycles. The quantitative estimate of drug-likeness (QED) is 0.204. The third kappa shape index (κ3) is 8.52. The van der Waals surface area contributed by atoms with Crippen molar-refractivity contribution in [3.8, 4) is 11.3 Å². The fraction of sp³-hybridized carbons (Fsp3) is 0.556. The molecule has 3 aromatic rings. The van der Waals surface area contributed by atoms with E-state index < -0.39 is 39.9 Å². The highest BCUT2D eigenvalue weighted by atomic mass is 32.2. The van der Waals surface area contributed by atoms with E-state index in [9.17, 15) is 27.9 Å². The van der Waals surface area contributed by atoms with Crippen LogP contribution in [0.15, 0.2) is 42.5 Å². The molecule has 0 radical (unpaired) electrons. The molecule has 2 saturated heterocycles. The lowest BCUT2D eigenvalue weighted by Gasteiger charge is -2.32. The maximum Gasteiger partial charge on any atom is 0.322 e. The van der Waals surface area contributed by atoms with Gasteiger partial charge in [-0.15, -0.1) is 5.10 Å². The number of amides is 2. The van der Waals surface area contributed by atoms with Gasteiger partial charge in [-0.3, -0.25) is 19.3 Å². The summed E-state index contributed by atoms with van der Waals surface area (Å²) in [5, 5.41) is 15.0. The number of fused-ring (bicyclic) bond motifs is 1. The number of nitrogens with zero attached hydrogens (tertiary/aromatic N) is 6. The summed E-state index contributed by atoms with van der Waals surface area (Å²) in [6, 6.07) is 11.8. The van der Waals surface area contributed by atoms with E-state index in [1.54, 1.807) is 10.6 Å². The number of pyridine rings is 1. The van der Waals surface area contributed by atoms with Crippen molar-refractivity contribution in [2.24, 2.45) is 23.5 Å². The molecule has 3 N–H and O–H groups in total. The lowest BCUT2D eigenvalue weighted by molar-refractivity contribution is -0.150. The Bertz CT molecular complexity index is 1910. The Kier molecular flexibility index (Phi) is 11.4. The van der Waals surface area contributed by atoms with Crippen LogP contribution >= 0.6 is 12.2 Å². The Balaban J connectivity index is 1.29. The van der Waals surface area contributed by atoms with Gasteiger partial charge in [-0.05, 0) is 49.8 Å². The predicted octanol–water partition coefficient (Wildman–Crippen LogP) is 2.21. The molecule has 1 aromatic carbocycles. The number of likely N-dealkylation sites (tertiary alicyclic amines) is 1. The summed E-state index contributed by atoms with van der Waals surface area (Å²) < 4.78 is 31.0. The summed E-state index contributed by atoms with van der Waals surface area (Å²) in [7, 11) is -2.96. The number of esters is 1. The molecule has 0 bridgehead atoms. The molecule has 280 valence electrons. The highest BCUT2D eigenvalue weighted by Crippen LogP contribution is 2.35. The number of rotatable bonds is 12. The largest absolute Gasteiger partial charge is 0.459 e. The van der Waals surface area contributed by atoms with Crippen molar-refractivity contribution in [3.05, 3.63) is 48.0 Å². The van der Waals surface area contributed by atoms with Crippen molar-refractivity contribution in [2.45, 2.75) is 71.2 Å². The normalized spacial score (nSPS) is 21.6. The maximum absolute atomic E-state index is 14.0. The summed E-state index contributed by atoms with van der Waals surface area (Å²) in [4.78, 5) is 50.3. The lowest BCUT2D eigenvalue weighted by Crippen LogP contribution is -2.51. The molecule has 1 unspecified atom stereocenters. The van der Waals surface area contributed by atoms with Crippen LogP contribution in [0.3, 0.4) is 0 Å². The van der Waals surface area contributed by atoms with Gasteiger partial charge >= 0.3 is 5.97 Å². The van der Waals surface area contributed by atoms with Crippen molar-refractivity contribution in [2.75, 3.05) is 42.6 Å². The number of benzene rings is 1. The van der Waals surface area contributed by atoms with E-state index in [-0.39, 0.29) is 65.7 Å². The number of ether oxygens (including phenoxy) is 1. The first kappa shape index (κ1) is 37.9. The zero-order valence-electron chi connectivity index (χ0n) is 29.8. The number of aliphatic hydroxyl groups excluding tert-OH is 1. The number of thiocarbonyl (C=S) groups is 1. The first-order chi connectivity index (χ1) is 24.7. The second-order valence-corrected chi connectivity index (χ2v) is 17.3. The molecule has 52 heavy (non-hydrogen) atoms. The van der Waals surface area contributed by atoms with Gasteiger partial charge in [0.1, 0.15) is 17.1 Å². The van der Waals surface area contributed by atoms with Gasteiger partial charge in [-0.1, -0.05) is 56.4 Å². The highest BCUT2D eigenvalue weighted by Gasteiger charge is 2.46. The molecular formula is C36H47N7O7S2. The number of carbonyl (C=O) groups is 3. The van der Waals surface area contributed by atoms with E-state index in [2.05, 4.69) is 4.90 Å². The Morgan fingerprint density at radius 2 is 1.77 bits per heavy atom. The Hall–Kier alpha value is -3.83. The first-order valence-corrected chi connectivity index (χ1v) is 20.1. The van der Waals surface area contributed by atoms with Crippen LogP contribution in [0, 0.1) is 17.8 Å². The summed E-state index contributed by atoms with van der Waals surface area (Å²) in [6.45, 7) is 6.80. The van der Waals surface area contributed by atoms with E-state index in [4.69, 9.17) is 32.8 Å². The van der Waals surface area contributed by atoms with E-state index in [1.807, 2.05) is 50.2 Å². The summed E-state index contributed by atoms with van der Waals surface area (Å²) in [6.07, 6.45) is 1.27. The van der Waals surface area contributed by atoms with Crippen molar-refractivity contribution in [1.82, 2.24) is 24.4 Å². The maximum atomic E-state index is 14.0. The fourth-order valence-electron chi connectivity index (χ4n) is 6.81. The van der Waals surface area contributed by atoms with Gasteiger partial charge in [-0.25, -0.2) is 17.8 Å². The van der Waals surface area contributed by atoms with E-state index in [1.165, 1.54) is 16.7 Å². The van der Waals surface area contributed by atoms with Crippen LogP contribution < -0.4 is 10.6 Å². The average Bonchev–Trinajstić information content (AvgIpc) is 3.74. The van der Waals surface area contributed by atoms with Crippen LogP contribution in [0.2, 0.25) is 0 Å². The molecule has 1 saturated carbocycles. The second-order valence-electron chi connectivity index (χ2n) is 14.6. The molecule has 2 amide bonds. The summed E-state index contributed by atoms with van der Waals surface area (Å²) in [5.41, 5.74) is 8.91. The van der Waals surface area contributed by atoms with Crippen molar-refractivity contribution < 1.29 is 32.6 Å². The third-order valence-corrected chi connectivity index (χ3v) is 11.9. The van der Waals surface area contributed by atoms with Crippen LogP contribution in [0.4, 0.5) is 5.95 Å². The van der Waals surface area contributed by atoms with Crippen molar-refractivity contribution in [3.63, 3.8) is 0 Å². The molecule has 3 aliphatic rings. The van der Waals surface area contributed by atoms with Crippen LogP contribution in [0.25, 0.3) is 16.9 Å². The zero-order chi connectivity index (χ0) is 37.3. The van der Waals surface area contributed by atoms with Gasteiger partial charge in [0.25, 0.3) is 5.95 Å². The topological polar surface area (TPSA) is 181 Å². The molecule has 6 rings (SSSR count). The van der Waals surface area contributed by atoms with E-state index in [0.29, 0.717) is 44.5 Å². The fourth-order valence-corrected chi connectivity index (χ4v) is 8.48. The molecule has 2 aliphatic heterocycles. The second kappa shape index (κ2) is 15.6. The van der Waals surface area contributed by atoms with Crippen LogP contribution in [-0.2, 0) is 35.5 Å². The van der Waals surface area contributed by atoms with Gasteiger partial charge in [0.15, 0.2) is 15.5 Å². The number of aromatic nitrogens is 3. The number of hydrogen-bond donors (Lipinski definition) is 2. The molecular weight excluding hydrogens is 707 g/mol. The first-order valence-electron chi connectivity index (χ1n) is 17.9. The van der Waals surface area contributed by atoms with Crippen molar-refractivity contribution in [1.29, 1.82) is 0 Å². The monoisotopic (exact) mass is 753 g/mol. The number of carbonyl (C=O) groups excluding carboxylic acids is 3. The molecule has 0 spiro atoms. The summed E-state index contributed by atoms with van der Waals surface area (Å²) >= 11 is 6.05. The summed E-state index contributed by atoms with van der Waals surface area (Å²) in [5.74, 6) is -1.61. The molecule has 4 atom stereocenters. The van der Waals surface area contributed by atoms with Crippen LogP contribution in [0.5, 0.6) is 0 Å². The zero-order valence-corrected chi connectivity index (χ0v) is 31.4. The minimum absolute atomic E-state index is 0.0394. The standard InChI is InChI=1S/C36H47N7O7S2/c1-22(2)17-27(21-44)32(45)41-20-28(50-35(47)23(3)37)18-30(41)34(51)42(33(46)26-11-12-26)36-38-31-6-4-5-29(43(31)39-36)25-9-7-24(8-10-25)19-40-13-15-52(48,49)16-14-40/h4-10,22-23,26-28,30,44H,11-21,37H2,1-3H3/t23-,27-,28+,30?/m1/s1. The predicted molar refractivity (Wildman–Crippen MR) is 199 cm³/mol. The van der Waals surface area contributed by atoms with Crippen molar-refractivity contribution >= 4 is 56.4 Å². The number of anilines is 1. The average molecular weight is 754 g/mol. The molecule has 16 heteroatoms. The number of hydrogen-bond acceptors (Lipinski definition) is 12. The van der Waals surface area contributed by atoms with E-state index >= 15 is 0 Å². The van der Waals surface area contributed by atoms with Gasteiger partial charge in [0.2, 0.25) is 11.8 Å². The van der Waals surface area contributed by atoms with Gasteiger partial charge < -0.3 is 20.5 Å². The number of sulfone groups is 1. The number of aliphatic hydroxyl groups is 1. The minimum atomic E-state index is -2.96. The van der Waals surface area contributed by atoms with E-state index in [0.717, 1.165) is 16.8 Å². The smallest absolute Gasteiger partial charge is 0.322 e. The Morgan fingerprint density at radius 1 is 1.08 bits per heavy atom. The van der Waals surface area contributed by atoms with Crippen LogP contribution in [-0.4, -0.2) is 117 Å². The molecule has 4 heterocycles. The van der Waals surface area contributed by atoms with Gasteiger partial charge in [0.05, 0.1) is 42.3 Å². The SMILES string of the molecule is CC(C)C[C@H](CO)C(=O)N1C[C@@H](OC(=O)[C@@H](C)N)CC1C(=S)N(C(=O)C1CC1)c1nc2cccc(-c3ccc(CN4CCS(=O)(=O)CC4)cc3)n2n1. The molecule has 14 nitrogen and oxygen atoms in total. The molecule has 1 aliphatic carbocycles. The van der Waals surface area contributed by atoms with Crippen LogP contribution in [0.1, 0.15) is 52.0 Å². The Labute approximate surface area is 309 Å². The van der Waals surface area contributed by atoms with Gasteiger partial charge in [0, 0.05) is 37.5 Å². The Morgan fingerprint density at radius 3 is 2.38 bits per heavy atom. The lowest BCUT2D eigenvalue weighted by atomic mass is 9.96. The molecule has 3 fully saturated rings. The van der Waals surface area contributed by atoms with Gasteiger partial charge in [-0.2, -0.15) is 4.98 Å². The highest BCUT2D eigenvalue weighted by molar-refractivity contribution is 7.91.